The Morgan fingerprint density at radius 2 is 2.36 bits per heavy atom. The van der Waals surface area contributed by atoms with Crippen molar-refractivity contribution in [2.75, 3.05) is 13.6 Å². The molecule has 14 heavy (non-hydrogen) atoms. The summed E-state index contributed by atoms with van der Waals surface area (Å²) in [5, 5.41) is 11.0. The number of ketones is 1. The Hall–Kier alpha value is -0.520. The summed E-state index contributed by atoms with van der Waals surface area (Å²) in [5.41, 5.74) is 0.658. The molecule has 0 aromatic carbocycles. The van der Waals surface area contributed by atoms with Gasteiger partial charge in [0.15, 0.2) is 5.78 Å². The van der Waals surface area contributed by atoms with Crippen LogP contribution in [0.15, 0.2) is 11.3 Å². The third-order valence-electron chi connectivity index (χ3n) is 2.62. The van der Waals surface area contributed by atoms with Crippen molar-refractivity contribution in [2.24, 2.45) is 0 Å². The van der Waals surface area contributed by atoms with Gasteiger partial charge < -0.3 is 5.11 Å². The third-order valence-corrected chi connectivity index (χ3v) is 3.77. The van der Waals surface area contributed by atoms with Crippen molar-refractivity contribution in [3.05, 3.63) is 11.3 Å². The van der Waals surface area contributed by atoms with Crippen LogP contribution in [0.5, 0.6) is 0 Å². The highest BCUT2D eigenvalue weighted by atomic mass is 32.2. The van der Waals surface area contributed by atoms with Gasteiger partial charge in [-0.15, -0.1) is 4.83 Å². The first-order valence-electron chi connectivity index (χ1n) is 4.88. The fourth-order valence-corrected chi connectivity index (χ4v) is 3.05. The van der Waals surface area contributed by atoms with Gasteiger partial charge in [0.1, 0.15) is 17.6 Å². The lowest BCUT2D eigenvalue weighted by atomic mass is 9.94. The molecule has 2 unspecified atom stereocenters. The highest BCUT2D eigenvalue weighted by Gasteiger charge is 2.34. The van der Waals surface area contributed by atoms with Crippen molar-refractivity contribution in [1.29, 1.82) is 0 Å². The van der Waals surface area contributed by atoms with Gasteiger partial charge in [-0.3, -0.25) is 4.79 Å². The summed E-state index contributed by atoms with van der Waals surface area (Å²) in [6.45, 7) is 0.857. The van der Waals surface area contributed by atoms with Crippen LogP contribution in [0.3, 0.4) is 0 Å². The largest absolute Gasteiger partial charge is 0.512 e. The molecule has 1 saturated heterocycles. The van der Waals surface area contributed by atoms with E-state index in [-0.39, 0.29) is 11.0 Å². The fourth-order valence-electron chi connectivity index (χ4n) is 1.91. The van der Waals surface area contributed by atoms with Crippen molar-refractivity contribution < 1.29 is 14.9 Å². The molecular weight excluding hydrogens is 200 g/mol. The molecule has 0 aromatic heterocycles. The Bertz CT molecular complexity index is 291. The summed E-state index contributed by atoms with van der Waals surface area (Å²) in [7, 11) is 2.01. The predicted molar refractivity (Wildman–Crippen MR) is 54.8 cm³/mol. The molecule has 0 saturated carbocycles. The molecular formula is C9H15N2O2S+. The minimum absolute atomic E-state index is 0.128. The molecule has 4 nitrogen and oxygen atoms in total. The van der Waals surface area contributed by atoms with E-state index in [1.807, 2.05) is 7.05 Å². The van der Waals surface area contributed by atoms with Crippen molar-refractivity contribution in [1.82, 2.24) is 4.83 Å². The number of nitrogens with one attached hydrogen (secondary N) is 2. The van der Waals surface area contributed by atoms with Gasteiger partial charge in [0.25, 0.3) is 0 Å². The van der Waals surface area contributed by atoms with E-state index in [4.69, 9.17) is 0 Å². The number of rotatable bonds is 1. The van der Waals surface area contributed by atoms with Gasteiger partial charge >= 0.3 is 0 Å². The van der Waals surface area contributed by atoms with Gasteiger partial charge in [-0.1, -0.05) is 0 Å². The first kappa shape index (κ1) is 10.0. The lowest BCUT2D eigenvalue weighted by molar-refractivity contribution is -0.903. The monoisotopic (exact) mass is 215 g/mol. The first-order chi connectivity index (χ1) is 6.68. The second-order valence-corrected chi connectivity index (χ2v) is 4.84. The number of Topliss-reactive ketones (excluding diaryl/α,β-unsaturated/α-hetero) is 1. The Morgan fingerprint density at radius 1 is 1.57 bits per heavy atom. The van der Waals surface area contributed by atoms with Crippen molar-refractivity contribution in [3.63, 3.8) is 0 Å². The lowest BCUT2D eigenvalue weighted by Crippen LogP contribution is -3.12. The second kappa shape index (κ2) is 3.92. The number of quaternary nitrogens is 1. The van der Waals surface area contributed by atoms with Gasteiger partial charge in [-0.2, -0.15) is 0 Å². The van der Waals surface area contributed by atoms with Gasteiger partial charge in [0.05, 0.1) is 12.6 Å². The van der Waals surface area contributed by atoms with E-state index >= 15 is 0 Å². The van der Waals surface area contributed by atoms with Crippen LogP contribution < -0.4 is 9.84 Å². The number of carbonyl (C=O) groups excluding carboxylic acids is 1. The van der Waals surface area contributed by atoms with Gasteiger partial charge in [0, 0.05) is 12.8 Å². The van der Waals surface area contributed by atoms with E-state index < -0.39 is 0 Å². The average molecular weight is 215 g/mol. The quantitative estimate of drug-likeness (QED) is 0.521. The number of aliphatic hydroxyl groups is 1. The van der Waals surface area contributed by atoms with Crippen LogP contribution >= 0.6 is 11.9 Å². The maximum absolute atomic E-state index is 11.6. The summed E-state index contributed by atoms with van der Waals surface area (Å²) in [4.78, 5) is 14.8. The molecule has 1 aliphatic carbocycles. The third kappa shape index (κ3) is 1.80. The topological polar surface area (TPSA) is 53.8 Å². The van der Waals surface area contributed by atoms with Gasteiger partial charge in [0.2, 0.25) is 0 Å². The van der Waals surface area contributed by atoms with Crippen molar-refractivity contribution >= 4 is 17.7 Å². The zero-order valence-electron chi connectivity index (χ0n) is 8.17. The van der Waals surface area contributed by atoms with E-state index in [0.29, 0.717) is 24.2 Å². The van der Waals surface area contributed by atoms with Gasteiger partial charge in [-0.25, -0.2) is 5.01 Å². The number of allylic oxidation sites excluding steroid dienone is 1. The molecule has 5 heteroatoms. The number of aliphatic hydroxyl groups excluding tert-OH is 1. The van der Waals surface area contributed by atoms with Gasteiger partial charge in [-0.05, 0) is 18.4 Å². The smallest absolute Gasteiger partial charge is 0.163 e. The molecule has 1 fully saturated rings. The van der Waals surface area contributed by atoms with Crippen molar-refractivity contribution in [3.8, 4) is 0 Å². The van der Waals surface area contributed by atoms with E-state index in [9.17, 15) is 9.90 Å². The zero-order valence-corrected chi connectivity index (χ0v) is 8.99. The van der Waals surface area contributed by atoms with Crippen LogP contribution in [0.2, 0.25) is 0 Å². The van der Waals surface area contributed by atoms with Crippen LogP contribution in [0.4, 0.5) is 0 Å². The van der Waals surface area contributed by atoms with Crippen LogP contribution in [-0.4, -0.2) is 29.7 Å². The number of hydrogen-bond donors (Lipinski definition) is 3. The average Bonchev–Trinajstić information content (AvgIpc) is 2.51. The molecule has 0 amide bonds. The maximum Gasteiger partial charge on any atom is 0.163 e. The van der Waals surface area contributed by atoms with E-state index in [2.05, 4.69) is 4.83 Å². The summed E-state index contributed by atoms with van der Waals surface area (Å²) in [5.74, 6) is 0.443. The fraction of sp³-hybridized carbons (Fsp3) is 0.667. The van der Waals surface area contributed by atoms with Crippen molar-refractivity contribution in [2.45, 2.75) is 24.5 Å². The predicted octanol–water partition coefficient (Wildman–Crippen LogP) is -0.399. The molecule has 2 rings (SSSR count). The Kier molecular flexibility index (Phi) is 2.80. The van der Waals surface area contributed by atoms with E-state index in [1.165, 1.54) is 17.0 Å². The summed E-state index contributed by atoms with van der Waals surface area (Å²) >= 11 is 1.54. The highest BCUT2D eigenvalue weighted by Crippen LogP contribution is 2.28. The SMILES string of the molecule is C[NH+]1CC(C2=C(O)CCCC2=O)SN1. The Labute approximate surface area is 87.5 Å². The molecule has 0 aromatic rings. The maximum atomic E-state index is 11.6. The number of carbonyl (C=O) groups is 1. The molecule has 0 radical (unpaired) electrons. The standard InChI is InChI=1S/C9H14N2O2S/c1-11-5-8(14-10-11)9-6(12)3-2-4-7(9)13/h8,10,12H,2-5H2,1H3/p+1. The normalized spacial score (nSPS) is 33.9. The molecule has 2 atom stereocenters. The molecule has 0 bridgehead atoms. The van der Waals surface area contributed by atoms with E-state index in [0.717, 1.165) is 13.0 Å². The van der Waals surface area contributed by atoms with E-state index in [1.54, 1.807) is 0 Å². The Balaban J connectivity index is 2.18. The minimum atomic E-state index is 0.128. The second-order valence-electron chi connectivity index (χ2n) is 3.83. The molecule has 3 N–H and O–H groups in total. The molecule has 78 valence electrons. The first-order valence-corrected chi connectivity index (χ1v) is 5.75. The van der Waals surface area contributed by atoms with Crippen LogP contribution in [0.1, 0.15) is 19.3 Å². The summed E-state index contributed by atoms with van der Waals surface area (Å²) in [6.07, 6.45) is 2.05. The van der Waals surface area contributed by atoms with Crippen LogP contribution in [0.25, 0.3) is 0 Å². The molecule has 2 aliphatic rings. The summed E-state index contributed by atoms with van der Waals surface area (Å²) in [6, 6.07) is 0. The molecule has 0 spiro atoms. The highest BCUT2D eigenvalue weighted by molar-refractivity contribution is 7.98. The molecule has 1 aliphatic heterocycles. The zero-order chi connectivity index (χ0) is 10.1. The lowest BCUT2D eigenvalue weighted by Gasteiger charge is -2.17. The minimum Gasteiger partial charge on any atom is -0.512 e. The molecule has 1 heterocycles. The van der Waals surface area contributed by atoms with Crippen LogP contribution in [-0.2, 0) is 4.79 Å². The summed E-state index contributed by atoms with van der Waals surface area (Å²) < 4.78 is 0. The number of hydrogen-bond acceptors (Lipinski definition) is 4. The van der Waals surface area contributed by atoms with Crippen LogP contribution in [0, 0.1) is 0 Å². The Morgan fingerprint density at radius 3 is 2.93 bits per heavy atom.